The van der Waals surface area contributed by atoms with E-state index in [2.05, 4.69) is 41.2 Å². The fraction of sp³-hybridized carbons (Fsp3) is 0.238. The van der Waals surface area contributed by atoms with Crippen molar-refractivity contribution in [2.24, 2.45) is 0 Å². The molecule has 0 bridgehead atoms. The molecule has 1 aromatic heterocycles. The Bertz CT molecular complexity index is 940. The first-order valence-electron chi connectivity index (χ1n) is 8.95. The van der Waals surface area contributed by atoms with Gasteiger partial charge in [-0.25, -0.2) is 9.48 Å². The van der Waals surface area contributed by atoms with E-state index >= 15 is 0 Å². The van der Waals surface area contributed by atoms with Crippen LogP contribution in [0.4, 0.5) is 5.82 Å². The largest absolute Gasteiger partial charge is 0.478 e. The maximum Gasteiger partial charge on any atom is 0.335 e. The van der Waals surface area contributed by atoms with Gasteiger partial charge in [-0.2, -0.15) is 5.10 Å². The molecule has 6 heteroatoms. The van der Waals surface area contributed by atoms with Crippen LogP contribution in [0.1, 0.15) is 15.9 Å². The molecule has 1 fully saturated rings. The zero-order valence-corrected chi connectivity index (χ0v) is 15.1. The van der Waals surface area contributed by atoms with Crippen LogP contribution in [0.5, 0.6) is 0 Å². The molecule has 3 aromatic rings. The van der Waals surface area contributed by atoms with Gasteiger partial charge in [-0.1, -0.05) is 29.8 Å². The van der Waals surface area contributed by atoms with Crippen LogP contribution in [0.25, 0.3) is 16.8 Å². The molecule has 0 aliphatic carbocycles. The van der Waals surface area contributed by atoms with Crippen molar-refractivity contribution in [2.75, 3.05) is 31.2 Å². The Morgan fingerprint density at radius 1 is 1.04 bits per heavy atom. The van der Waals surface area contributed by atoms with Crippen LogP contribution in [-0.4, -0.2) is 47.2 Å². The molecule has 1 aliphatic rings. The first-order chi connectivity index (χ1) is 13.1. The number of nitrogens with zero attached hydrogens (tertiary/aromatic N) is 3. The summed E-state index contributed by atoms with van der Waals surface area (Å²) in [6, 6.07) is 15.2. The minimum Gasteiger partial charge on any atom is -0.478 e. The number of carboxylic acid groups (broad SMARTS) is 1. The third kappa shape index (κ3) is 3.44. The number of anilines is 1. The van der Waals surface area contributed by atoms with Crippen molar-refractivity contribution in [3.05, 3.63) is 65.9 Å². The summed E-state index contributed by atoms with van der Waals surface area (Å²) in [6.07, 6.45) is 1.88. The number of ether oxygens (including phenoxy) is 1. The molecule has 1 aliphatic heterocycles. The van der Waals surface area contributed by atoms with Crippen molar-refractivity contribution >= 4 is 11.8 Å². The van der Waals surface area contributed by atoms with Crippen molar-refractivity contribution < 1.29 is 14.6 Å². The number of aromatic nitrogens is 2. The summed E-state index contributed by atoms with van der Waals surface area (Å²) in [6.45, 7) is 5.00. The van der Waals surface area contributed by atoms with Crippen LogP contribution in [0.15, 0.2) is 54.7 Å². The highest BCUT2D eigenvalue weighted by Crippen LogP contribution is 2.33. The van der Waals surface area contributed by atoms with Crippen LogP contribution in [0.3, 0.4) is 0 Å². The molecule has 0 atom stereocenters. The normalized spacial score (nSPS) is 14.3. The molecule has 0 saturated carbocycles. The minimum absolute atomic E-state index is 0.262. The van der Waals surface area contributed by atoms with Crippen LogP contribution in [0.2, 0.25) is 0 Å². The van der Waals surface area contributed by atoms with Gasteiger partial charge in [0.2, 0.25) is 0 Å². The highest BCUT2D eigenvalue weighted by Gasteiger charge is 2.22. The lowest BCUT2D eigenvalue weighted by molar-refractivity contribution is 0.0697. The van der Waals surface area contributed by atoms with E-state index in [-0.39, 0.29) is 5.56 Å². The van der Waals surface area contributed by atoms with Crippen molar-refractivity contribution in [1.29, 1.82) is 0 Å². The number of aryl methyl sites for hydroxylation is 1. The number of carbonyl (C=O) groups is 1. The van der Waals surface area contributed by atoms with Gasteiger partial charge in [0.05, 0.1) is 30.7 Å². The average Bonchev–Trinajstić information content (AvgIpc) is 3.14. The minimum atomic E-state index is -0.934. The van der Waals surface area contributed by atoms with Crippen molar-refractivity contribution in [3.8, 4) is 16.8 Å². The second-order valence-electron chi connectivity index (χ2n) is 6.61. The smallest absolute Gasteiger partial charge is 0.335 e. The quantitative estimate of drug-likeness (QED) is 0.770. The number of carboxylic acids is 1. The van der Waals surface area contributed by atoms with Crippen molar-refractivity contribution in [1.82, 2.24) is 9.78 Å². The van der Waals surface area contributed by atoms with Gasteiger partial charge < -0.3 is 14.7 Å². The maximum absolute atomic E-state index is 11.1. The first-order valence-corrected chi connectivity index (χ1v) is 8.95. The van der Waals surface area contributed by atoms with Crippen molar-refractivity contribution in [2.45, 2.75) is 6.92 Å². The third-order valence-electron chi connectivity index (χ3n) is 4.78. The summed E-state index contributed by atoms with van der Waals surface area (Å²) in [5, 5.41) is 13.8. The summed E-state index contributed by atoms with van der Waals surface area (Å²) in [4.78, 5) is 13.4. The molecule has 4 rings (SSSR count). The second kappa shape index (κ2) is 7.25. The lowest BCUT2D eigenvalue weighted by Crippen LogP contribution is -2.37. The molecule has 27 heavy (non-hydrogen) atoms. The molecular weight excluding hydrogens is 342 g/mol. The lowest BCUT2D eigenvalue weighted by atomic mass is 10.1. The summed E-state index contributed by atoms with van der Waals surface area (Å²) in [5.74, 6) is 0.0704. The van der Waals surface area contributed by atoms with E-state index in [4.69, 9.17) is 9.84 Å². The zero-order chi connectivity index (χ0) is 18.8. The second-order valence-corrected chi connectivity index (χ2v) is 6.61. The molecule has 2 heterocycles. The van der Waals surface area contributed by atoms with Gasteiger partial charge in [0, 0.05) is 18.7 Å². The predicted octanol–water partition coefficient (Wildman–Crippen LogP) is 3.38. The van der Waals surface area contributed by atoms with Crippen LogP contribution < -0.4 is 4.90 Å². The van der Waals surface area contributed by atoms with E-state index < -0.39 is 5.97 Å². The van der Waals surface area contributed by atoms with Gasteiger partial charge in [-0.3, -0.25) is 0 Å². The summed E-state index contributed by atoms with van der Waals surface area (Å²) < 4.78 is 7.39. The highest BCUT2D eigenvalue weighted by atomic mass is 16.5. The molecule has 0 radical (unpaired) electrons. The average molecular weight is 363 g/mol. The SMILES string of the molecule is Cc1ccc(-c2cnn(-c3ccc(C(=O)O)cc3)c2N2CCOCC2)cc1. The molecule has 1 N–H and O–H groups in total. The fourth-order valence-corrected chi connectivity index (χ4v) is 3.29. The molecule has 0 spiro atoms. The van der Waals surface area contributed by atoms with Crippen LogP contribution >= 0.6 is 0 Å². The van der Waals surface area contributed by atoms with Crippen molar-refractivity contribution in [3.63, 3.8) is 0 Å². The Morgan fingerprint density at radius 2 is 1.70 bits per heavy atom. The highest BCUT2D eigenvalue weighted by molar-refractivity contribution is 5.87. The Morgan fingerprint density at radius 3 is 2.33 bits per heavy atom. The maximum atomic E-state index is 11.1. The molecule has 2 aromatic carbocycles. The number of benzene rings is 2. The van der Waals surface area contributed by atoms with Gasteiger partial charge in [0.1, 0.15) is 5.82 Å². The number of hydrogen-bond donors (Lipinski definition) is 1. The van der Waals surface area contributed by atoms with E-state index in [1.807, 2.05) is 10.9 Å². The van der Waals surface area contributed by atoms with Gasteiger partial charge in [-0.05, 0) is 36.8 Å². The molecule has 138 valence electrons. The summed E-state index contributed by atoms with van der Waals surface area (Å²) in [5.41, 5.74) is 4.47. The Balaban J connectivity index is 1.81. The van der Waals surface area contributed by atoms with E-state index in [9.17, 15) is 4.79 Å². The fourth-order valence-electron chi connectivity index (χ4n) is 3.29. The van der Waals surface area contributed by atoms with E-state index in [1.54, 1.807) is 24.3 Å². The Labute approximate surface area is 157 Å². The summed E-state index contributed by atoms with van der Waals surface area (Å²) >= 11 is 0. The van der Waals surface area contributed by atoms with Gasteiger partial charge in [0.15, 0.2) is 0 Å². The van der Waals surface area contributed by atoms with Crippen LogP contribution in [0, 0.1) is 6.92 Å². The molecule has 1 saturated heterocycles. The summed E-state index contributed by atoms with van der Waals surface area (Å²) in [7, 11) is 0. The Hall–Kier alpha value is -3.12. The topological polar surface area (TPSA) is 67.6 Å². The van der Waals surface area contributed by atoms with E-state index in [1.165, 1.54) is 5.56 Å². The number of aromatic carboxylic acids is 1. The number of rotatable bonds is 4. The van der Waals surface area contributed by atoms with E-state index in [0.29, 0.717) is 13.2 Å². The lowest BCUT2D eigenvalue weighted by Gasteiger charge is -2.30. The van der Waals surface area contributed by atoms with Gasteiger partial charge in [-0.15, -0.1) is 0 Å². The van der Waals surface area contributed by atoms with E-state index in [0.717, 1.165) is 35.7 Å². The number of morpholine rings is 1. The van der Waals surface area contributed by atoms with Gasteiger partial charge >= 0.3 is 5.97 Å². The molecule has 6 nitrogen and oxygen atoms in total. The zero-order valence-electron chi connectivity index (χ0n) is 15.1. The predicted molar refractivity (Wildman–Crippen MR) is 104 cm³/mol. The molecule has 0 amide bonds. The standard InChI is InChI=1S/C21H21N3O3/c1-15-2-4-16(5-3-15)19-14-22-24(20(19)23-10-12-27-13-11-23)18-8-6-17(7-9-18)21(25)26/h2-9,14H,10-13H2,1H3,(H,25,26). The first kappa shape index (κ1) is 17.3. The molecule has 0 unspecified atom stereocenters. The van der Waals surface area contributed by atoms with Crippen LogP contribution in [-0.2, 0) is 4.74 Å². The molecular formula is C21H21N3O3. The Kier molecular flexibility index (Phi) is 4.64. The third-order valence-corrected chi connectivity index (χ3v) is 4.78. The monoisotopic (exact) mass is 363 g/mol. The number of hydrogen-bond acceptors (Lipinski definition) is 4. The van der Waals surface area contributed by atoms with Gasteiger partial charge in [0.25, 0.3) is 0 Å².